The van der Waals surface area contributed by atoms with Crippen LogP contribution < -0.4 is 10.6 Å². The molecule has 0 spiro atoms. The molecule has 2 fully saturated rings. The van der Waals surface area contributed by atoms with Gasteiger partial charge in [0.1, 0.15) is 6.54 Å². The molecule has 1 amide bonds. The van der Waals surface area contributed by atoms with Gasteiger partial charge in [-0.1, -0.05) is 0 Å². The first-order chi connectivity index (χ1) is 9.74. The van der Waals surface area contributed by atoms with Gasteiger partial charge in [0.2, 0.25) is 5.91 Å². The first-order valence-electron chi connectivity index (χ1n) is 7.32. The molecule has 1 aromatic heterocycles. The van der Waals surface area contributed by atoms with Gasteiger partial charge in [-0.3, -0.25) is 9.48 Å². The highest BCUT2D eigenvalue weighted by atomic mass is 16.5. The summed E-state index contributed by atoms with van der Waals surface area (Å²) < 4.78 is 6.92. The van der Waals surface area contributed by atoms with Crippen LogP contribution in [0.2, 0.25) is 0 Å². The van der Waals surface area contributed by atoms with E-state index in [-0.39, 0.29) is 12.5 Å². The van der Waals surface area contributed by atoms with Gasteiger partial charge in [0, 0.05) is 19.3 Å². The Balaban J connectivity index is 1.51. The molecule has 1 heterocycles. The molecule has 0 radical (unpaired) electrons. The molecule has 0 bridgehead atoms. The van der Waals surface area contributed by atoms with Crippen LogP contribution in [-0.2, 0) is 16.1 Å². The van der Waals surface area contributed by atoms with E-state index in [1.807, 2.05) is 6.20 Å². The van der Waals surface area contributed by atoms with E-state index in [1.54, 1.807) is 18.0 Å². The lowest BCUT2D eigenvalue weighted by Gasteiger charge is -2.16. The normalized spacial score (nSPS) is 19.6. The van der Waals surface area contributed by atoms with Gasteiger partial charge >= 0.3 is 0 Å². The lowest BCUT2D eigenvalue weighted by Crippen LogP contribution is -2.29. The second kappa shape index (κ2) is 5.83. The van der Waals surface area contributed by atoms with E-state index < -0.39 is 0 Å². The van der Waals surface area contributed by atoms with Gasteiger partial charge in [-0.05, 0) is 31.6 Å². The summed E-state index contributed by atoms with van der Waals surface area (Å²) in [6.45, 7) is 0.995. The number of anilines is 1. The van der Waals surface area contributed by atoms with E-state index in [0.29, 0.717) is 24.6 Å². The number of carbonyl (C=O) groups excluding carboxylic acids is 1. The summed E-state index contributed by atoms with van der Waals surface area (Å²) in [7, 11) is 1.72. The average Bonchev–Trinajstić information content (AvgIpc) is 3.31. The lowest BCUT2D eigenvalue weighted by atomic mass is 10.2. The van der Waals surface area contributed by atoms with E-state index in [2.05, 4.69) is 15.7 Å². The third-order valence-electron chi connectivity index (χ3n) is 3.77. The van der Waals surface area contributed by atoms with Crippen LogP contribution in [0.3, 0.4) is 0 Å². The van der Waals surface area contributed by atoms with Crippen molar-refractivity contribution >= 4 is 11.6 Å². The summed E-state index contributed by atoms with van der Waals surface area (Å²) in [4.78, 5) is 11.7. The molecule has 2 aliphatic carbocycles. The SMILES string of the molecule is COCC(Nc1cnn(CC(=O)NC2CC2)c1)C1CC1. The van der Waals surface area contributed by atoms with Crippen molar-refractivity contribution in [1.29, 1.82) is 0 Å². The maximum atomic E-state index is 11.7. The van der Waals surface area contributed by atoms with Crippen molar-refractivity contribution in [3.05, 3.63) is 12.4 Å². The highest BCUT2D eigenvalue weighted by Gasteiger charge is 2.31. The number of nitrogens with one attached hydrogen (secondary N) is 2. The average molecular weight is 278 g/mol. The van der Waals surface area contributed by atoms with E-state index in [9.17, 15) is 4.79 Å². The summed E-state index contributed by atoms with van der Waals surface area (Å²) in [5.41, 5.74) is 0.957. The fourth-order valence-electron chi connectivity index (χ4n) is 2.36. The number of methoxy groups -OCH3 is 1. The highest BCUT2D eigenvalue weighted by molar-refractivity contribution is 5.76. The van der Waals surface area contributed by atoms with Gasteiger partial charge in [0.05, 0.1) is 24.5 Å². The van der Waals surface area contributed by atoms with E-state index in [1.165, 1.54) is 12.8 Å². The summed E-state index contributed by atoms with van der Waals surface area (Å²) in [6, 6.07) is 0.745. The third-order valence-corrected chi connectivity index (χ3v) is 3.77. The maximum absolute atomic E-state index is 11.7. The Morgan fingerprint density at radius 1 is 1.50 bits per heavy atom. The fraction of sp³-hybridized carbons (Fsp3) is 0.714. The summed E-state index contributed by atoms with van der Waals surface area (Å²) in [5.74, 6) is 0.745. The summed E-state index contributed by atoms with van der Waals surface area (Å²) in [6.07, 6.45) is 8.40. The lowest BCUT2D eigenvalue weighted by molar-refractivity contribution is -0.122. The van der Waals surface area contributed by atoms with E-state index in [4.69, 9.17) is 4.74 Å². The number of hydrogen-bond acceptors (Lipinski definition) is 4. The second-order valence-electron chi connectivity index (χ2n) is 5.81. The molecule has 2 N–H and O–H groups in total. The van der Waals surface area contributed by atoms with Crippen LogP contribution in [0.5, 0.6) is 0 Å². The van der Waals surface area contributed by atoms with Crippen molar-refractivity contribution in [2.24, 2.45) is 5.92 Å². The first-order valence-corrected chi connectivity index (χ1v) is 7.32. The molecular formula is C14H22N4O2. The highest BCUT2D eigenvalue weighted by Crippen LogP contribution is 2.34. The van der Waals surface area contributed by atoms with Crippen molar-refractivity contribution in [3.63, 3.8) is 0 Å². The van der Waals surface area contributed by atoms with Crippen molar-refractivity contribution < 1.29 is 9.53 Å². The van der Waals surface area contributed by atoms with Gasteiger partial charge in [-0.25, -0.2) is 0 Å². The van der Waals surface area contributed by atoms with Gasteiger partial charge < -0.3 is 15.4 Å². The number of ether oxygens (including phenoxy) is 1. The molecule has 110 valence electrons. The maximum Gasteiger partial charge on any atom is 0.241 e. The number of carbonyl (C=O) groups is 1. The molecule has 1 unspecified atom stereocenters. The zero-order valence-corrected chi connectivity index (χ0v) is 11.8. The van der Waals surface area contributed by atoms with E-state index in [0.717, 1.165) is 18.5 Å². The van der Waals surface area contributed by atoms with E-state index >= 15 is 0 Å². The standard InChI is InChI=1S/C14H22N4O2/c1-20-9-13(10-2-3-10)16-12-6-15-18(7-12)8-14(19)17-11-4-5-11/h6-7,10-11,13,16H,2-5,8-9H2,1H3,(H,17,19). The fourth-order valence-corrected chi connectivity index (χ4v) is 2.36. The minimum Gasteiger partial charge on any atom is -0.383 e. The van der Waals surface area contributed by atoms with Crippen molar-refractivity contribution in [1.82, 2.24) is 15.1 Å². The molecule has 1 atom stereocenters. The smallest absolute Gasteiger partial charge is 0.241 e. The van der Waals surface area contributed by atoms with Crippen LogP contribution in [-0.4, -0.2) is 41.5 Å². The molecule has 20 heavy (non-hydrogen) atoms. The molecule has 6 nitrogen and oxygen atoms in total. The predicted molar refractivity (Wildman–Crippen MR) is 75.4 cm³/mol. The van der Waals surface area contributed by atoms with Crippen LogP contribution in [0.25, 0.3) is 0 Å². The summed E-state index contributed by atoms with van der Waals surface area (Å²) >= 11 is 0. The zero-order valence-electron chi connectivity index (χ0n) is 11.8. The molecular weight excluding hydrogens is 256 g/mol. The molecule has 2 aliphatic rings. The van der Waals surface area contributed by atoms with Crippen LogP contribution >= 0.6 is 0 Å². The van der Waals surface area contributed by atoms with Gasteiger partial charge in [0.25, 0.3) is 0 Å². The second-order valence-corrected chi connectivity index (χ2v) is 5.81. The molecule has 2 saturated carbocycles. The van der Waals surface area contributed by atoms with Crippen molar-refractivity contribution in [3.8, 4) is 0 Å². The number of rotatable bonds is 8. The molecule has 3 rings (SSSR count). The number of hydrogen-bond donors (Lipinski definition) is 2. The van der Waals surface area contributed by atoms with Crippen LogP contribution in [0.1, 0.15) is 25.7 Å². The number of nitrogens with zero attached hydrogens (tertiary/aromatic N) is 2. The van der Waals surface area contributed by atoms with Crippen molar-refractivity contribution in [2.75, 3.05) is 19.0 Å². The topological polar surface area (TPSA) is 68.2 Å². The van der Waals surface area contributed by atoms with Crippen LogP contribution in [0, 0.1) is 5.92 Å². The molecule has 0 saturated heterocycles. The Labute approximate surface area is 118 Å². The Bertz CT molecular complexity index is 465. The largest absolute Gasteiger partial charge is 0.383 e. The molecule has 6 heteroatoms. The minimum atomic E-state index is 0.0396. The Morgan fingerprint density at radius 2 is 2.30 bits per heavy atom. The van der Waals surface area contributed by atoms with Crippen LogP contribution in [0.15, 0.2) is 12.4 Å². The predicted octanol–water partition coefficient (Wildman–Crippen LogP) is 0.999. The van der Waals surface area contributed by atoms with Crippen LogP contribution in [0.4, 0.5) is 5.69 Å². The Morgan fingerprint density at radius 3 is 2.95 bits per heavy atom. The monoisotopic (exact) mass is 278 g/mol. The molecule has 0 aliphatic heterocycles. The number of aromatic nitrogens is 2. The quantitative estimate of drug-likeness (QED) is 0.744. The third kappa shape index (κ3) is 3.72. The first kappa shape index (κ1) is 13.4. The van der Waals surface area contributed by atoms with Crippen molar-refractivity contribution in [2.45, 2.75) is 44.3 Å². The minimum absolute atomic E-state index is 0.0396. The van der Waals surface area contributed by atoms with Gasteiger partial charge in [0.15, 0.2) is 0 Å². The Kier molecular flexibility index (Phi) is 3.91. The molecule has 0 aromatic carbocycles. The molecule has 1 aromatic rings. The Hall–Kier alpha value is -1.56. The van der Waals surface area contributed by atoms with Gasteiger partial charge in [-0.2, -0.15) is 5.10 Å². The zero-order chi connectivity index (χ0) is 13.9. The summed E-state index contributed by atoms with van der Waals surface area (Å²) in [5, 5.41) is 10.6. The van der Waals surface area contributed by atoms with Gasteiger partial charge in [-0.15, -0.1) is 0 Å². The number of amides is 1.